The van der Waals surface area contributed by atoms with E-state index >= 15 is 0 Å². The highest BCUT2D eigenvalue weighted by molar-refractivity contribution is 5.82. The third-order valence-electron chi connectivity index (χ3n) is 4.65. The second-order valence-corrected chi connectivity index (χ2v) is 6.61. The smallest absolute Gasteiger partial charge is 0.240 e. The van der Waals surface area contributed by atoms with Crippen LogP contribution >= 0.6 is 0 Å². The molecule has 0 saturated heterocycles. The number of hydrogen-bond acceptors (Lipinski definition) is 5. The summed E-state index contributed by atoms with van der Waals surface area (Å²) in [6, 6.07) is 15.3. The van der Waals surface area contributed by atoms with Crippen molar-refractivity contribution in [3.8, 4) is 5.75 Å². The van der Waals surface area contributed by atoms with Crippen LogP contribution in [0.3, 0.4) is 0 Å². The maximum atomic E-state index is 12.0. The fraction of sp³-hybridized carbons (Fsp3) is 0.391. The van der Waals surface area contributed by atoms with Crippen LogP contribution in [-0.4, -0.2) is 36.9 Å². The van der Waals surface area contributed by atoms with Gasteiger partial charge in [-0.1, -0.05) is 24.3 Å². The molecule has 0 saturated carbocycles. The van der Waals surface area contributed by atoms with Crippen molar-refractivity contribution in [3.63, 3.8) is 0 Å². The molecule has 2 aromatic carbocycles. The molecule has 6 nitrogen and oxygen atoms in total. The van der Waals surface area contributed by atoms with Gasteiger partial charge in [0, 0.05) is 25.2 Å². The molecular formula is C23H31N3O3. The summed E-state index contributed by atoms with van der Waals surface area (Å²) in [5, 5.41) is 14.2. The van der Waals surface area contributed by atoms with Crippen molar-refractivity contribution in [2.75, 3.05) is 24.6 Å². The van der Waals surface area contributed by atoms with Crippen molar-refractivity contribution in [3.05, 3.63) is 59.7 Å². The van der Waals surface area contributed by atoms with Crippen LogP contribution in [0, 0.1) is 0 Å². The summed E-state index contributed by atoms with van der Waals surface area (Å²) in [7, 11) is 0. The molecule has 0 aliphatic carbocycles. The normalized spacial score (nSPS) is 12.0. The Labute approximate surface area is 173 Å². The number of nitrogens with zero attached hydrogens (tertiary/aromatic N) is 2. The van der Waals surface area contributed by atoms with Crippen LogP contribution in [0.15, 0.2) is 53.6 Å². The molecule has 2 N–H and O–H groups in total. The van der Waals surface area contributed by atoms with Crippen LogP contribution < -0.4 is 15.1 Å². The summed E-state index contributed by atoms with van der Waals surface area (Å²) in [6.07, 6.45) is 1.43. The lowest BCUT2D eigenvalue weighted by atomic mass is 10.0. The van der Waals surface area contributed by atoms with Gasteiger partial charge in [0.2, 0.25) is 5.91 Å². The van der Waals surface area contributed by atoms with Crippen LogP contribution in [0.1, 0.15) is 50.8 Å². The topological polar surface area (TPSA) is 74.2 Å². The predicted octanol–water partition coefficient (Wildman–Crippen LogP) is 3.90. The number of hydrogen-bond donors (Lipinski definition) is 2. The average molecular weight is 398 g/mol. The maximum Gasteiger partial charge on any atom is 0.240 e. The predicted molar refractivity (Wildman–Crippen MR) is 118 cm³/mol. The summed E-state index contributed by atoms with van der Waals surface area (Å²) >= 11 is 0. The Bertz CT molecular complexity index is 769. The molecule has 1 amide bonds. The molecule has 0 aromatic heterocycles. The van der Waals surface area contributed by atoms with Crippen LogP contribution in [0.2, 0.25) is 0 Å². The largest absolute Gasteiger partial charge is 0.494 e. The number of ether oxygens (including phenoxy) is 1. The molecule has 0 bridgehead atoms. The van der Waals surface area contributed by atoms with Crippen molar-refractivity contribution >= 4 is 17.8 Å². The van der Waals surface area contributed by atoms with Gasteiger partial charge in [0.25, 0.3) is 0 Å². The first-order valence-electron chi connectivity index (χ1n) is 10.1. The highest BCUT2D eigenvalue weighted by Crippen LogP contribution is 2.21. The lowest BCUT2D eigenvalue weighted by Gasteiger charge is -2.20. The van der Waals surface area contributed by atoms with Gasteiger partial charge in [0.1, 0.15) is 5.75 Å². The molecule has 1 atom stereocenters. The minimum Gasteiger partial charge on any atom is -0.494 e. The summed E-state index contributed by atoms with van der Waals surface area (Å²) < 4.78 is 5.39. The number of anilines is 1. The van der Waals surface area contributed by atoms with E-state index in [1.165, 1.54) is 5.69 Å². The second-order valence-electron chi connectivity index (χ2n) is 6.61. The van der Waals surface area contributed by atoms with Crippen molar-refractivity contribution in [2.24, 2.45) is 5.10 Å². The van der Waals surface area contributed by atoms with E-state index in [2.05, 4.69) is 29.3 Å². The Morgan fingerprint density at radius 3 is 2.34 bits per heavy atom. The Hall–Kier alpha value is -2.86. The minimum absolute atomic E-state index is 0.187. The summed E-state index contributed by atoms with van der Waals surface area (Å²) in [5.74, 6) is 0.534. The van der Waals surface area contributed by atoms with E-state index in [4.69, 9.17) is 4.74 Å². The molecule has 156 valence electrons. The van der Waals surface area contributed by atoms with Crippen LogP contribution in [0.4, 0.5) is 5.69 Å². The molecule has 6 heteroatoms. The number of nitrogens with one attached hydrogen (secondary N) is 1. The highest BCUT2D eigenvalue weighted by atomic mass is 16.5. The van der Waals surface area contributed by atoms with Crippen LogP contribution in [-0.2, 0) is 4.79 Å². The number of aliphatic hydroxyl groups is 1. The van der Waals surface area contributed by atoms with Crippen molar-refractivity contribution in [1.82, 2.24) is 5.43 Å². The van der Waals surface area contributed by atoms with Gasteiger partial charge in [0.15, 0.2) is 0 Å². The average Bonchev–Trinajstić information content (AvgIpc) is 2.75. The SMILES string of the molecule is CCOc1ccc(C(O)CCC(=O)N/N=C/c2ccc(N(CC)CC)cc2)cc1. The zero-order chi connectivity index (χ0) is 21.1. The molecule has 0 aliphatic heterocycles. The zero-order valence-corrected chi connectivity index (χ0v) is 17.5. The van der Waals surface area contributed by atoms with Gasteiger partial charge in [0.05, 0.1) is 18.9 Å². The summed E-state index contributed by atoms with van der Waals surface area (Å²) in [6.45, 7) is 8.70. The van der Waals surface area contributed by atoms with Gasteiger partial charge in [-0.15, -0.1) is 0 Å². The van der Waals surface area contributed by atoms with Gasteiger partial charge < -0.3 is 14.7 Å². The number of benzene rings is 2. The molecular weight excluding hydrogens is 366 g/mol. The Kier molecular flexibility index (Phi) is 9.18. The maximum absolute atomic E-state index is 12.0. The lowest BCUT2D eigenvalue weighted by molar-refractivity contribution is -0.121. The molecule has 2 rings (SSSR count). The molecule has 29 heavy (non-hydrogen) atoms. The zero-order valence-electron chi connectivity index (χ0n) is 17.5. The van der Waals surface area contributed by atoms with Crippen LogP contribution in [0.25, 0.3) is 0 Å². The lowest BCUT2D eigenvalue weighted by Crippen LogP contribution is -2.21. The van der Waals surface area contributed by atoms with Gasteiger partial charge in [-0.2, -0.15) is 5.10 Å². The Morgan fingerprint density at radius 1 is 1.10 bits per heavy atom. The fourth-order valence-electron chi connectivity index (χ4n) is 2.98. The van der Waals surface area contributed by atoms with Crippen molar-refractivity contribution in [2.45, 2.75) is 39.7 Å². The number of hydrazone groups is 1. The monoisotopic (exact) mass is 397 g/mol. The molecule has 1 unspecified atom stereocenters. The van der Waals surface area contributed by atoms with Gasteiger partial charge >= 0.3 is 0 Å². The van der Waals surface area contributed by atoms with Crippen molar-refractivity contribution in [1.29, 1.82) is 0 Å². The first-order valence-corrected chi connectivity index (χ1v) is 10.1. The highest BCUT2D eigenvalue weighted by Gasteiger charge is 2.10. The summed E-state index contributed by atoms with van der Waals surface area (Å²) in [5.41, 5.74) is 5.35. The van der Waals surface area contributed by atoms with Gasteiger partial charge in [-0.25, -0.2) is 5.43 Å². The third-order valence-corrected chi connectivity index (χ3v) is 4.65. The summed E-state index contributed by atoms with van der Waals surface area (Å²) in [4.78, 5) is 14.2. The first-order chi connectivity index (χ1) is 14.1. The Balaban J connectivity index is 1.77. The molecule has 0 fully saturated rings. The van der Waals surface area contributed by atoms with E-state index in [1.807, 2.05) is 55.5 Å². The van der Waals surface area contributed by atoms with Crippen molar-refractivity contribution < 1.29 is 14.6 Å². The molecule has 0 aliphatic rings. The number of amides is 1. The number of carbonyl (C=O) groups excluding carboxylic acids is 1. The third kappa shape index (κ3) is 7.23. The molecule has 0 heterocycles. The quantitative estimate of drug-likeness (QED) is 0.446. The Morgan fingerprint density at radius 2 is 1.76 bits per heavy atom. The number of rotatable bonds is 11. The van der Waals surface area contributed by atoms with E-state index in [0.717, 1.165) is 30.0 Å². The molecule has 0 radical (unpaired) electrons. The van der Waals surface area contributed by atoms with E-state index in [0.29, 0.717) is 13.0 Å². The minimum atomic E-state index is -0.701. The fourth-order valence-corrected chi connectivity index (χ4v) is 2.98. The second kappa shape index (κ2) is 11.9. The van der Waals surface area contributed by atoms with Gasteiger partial charge in [-0.3, -0.25) is 4.79 Å². The van der Waals surface area contributed by atoms with E-state index in [9.17, 15) is 9.90 Å². The molecule has 2 aromatic rings. The van der Waals surface area contributed by atoms with Gasteiger partial charge in [-0.05, 0) is 62.6 Å². The van der Waals surface area contributed by atoms with E-state index < -0.39 is 6.10 Å². The standard InChI is InChI=1S/C23H31N3O3/c1-4-26(5-2)20-11-7-18(8-12-20)17-24-25-23(28)16-15-22(27)19-9-13-21(14-10-19)29-6-3/h7-14,17,22,27H,4-6,15-16H2,1-3H3,(H,25,28)/b24-17+. The van der Waals surface area contributed by atoms with E-state index in [-0.39, 0.29) is 12.3 Å². The first kappa shape index (κ1) is 22.4. The number of carbonyl (C=O) groups is 1. The molecule has 0 spiro atoms. The van der Waals surface area contributed by atoms with Crippen LogP contribution in [0.5, 0.6) is 5.75 Å². The number of aliphatic hydroxyl groups excluding tert-OH is 1. The van der Waals surface area contributed by atoms with E-state index in [1.54, 1.807) is 6.21 Å².